The van der Waals surface area contributed by atoms with E-state index in [1.807, 2.05) is 17.4 Å². The first-order valence-corrected chi connectivity index (χ1v) is 44.8. The largest absolute Gasteiger partial charge is 0.456 e. The molecule has 0 unspecified atom stereocenters. The van der Waals surface area contributed by atoms with Crippen LogP contribution in [0.5, 0.6) is 0 Å². The number of fused-ring (bicyclic) bond motifs is 12. The van der Waals surface area contributed by atoms with Crippen LogP contribution >= 0.6 is 11.3 Å². The van der Waals surface area contributed by atoms with Gasteiger partial charge in [-0.15, -0.1) is 11.3 Å². The van der Waals surface area contributed by atoms with Gasteiger partial charge in [-0.05, 0) is 314 Å². The van der Waals surface area contributed by atoms with E-state index in [0.717, 1.165) is 97.7 Å². The normalized spacial score (nSPS) is 22.1. The maximum Gasteiger partial charge on any atom is 0.137 e. The SMILES string of the molecule is c1ccc(-c2ccc(N(c3ccc(-c4ccccc4-c4ccc5c(c4)-c4ccccc4C54C5CC6CC(C5)CC4C6)cc3)c3cccc4c3sc3ccccc34)cc2)cc1.c1ccc(-c2ccc(N(c3ccc(-c4ccccc4-c4ccc5c(c4)-c4ccccc4C54C5CC6CC(C5)CC4C6)cc3)c3cccc4oc5ccccc5c34)cc2)cc1. The van der Waals surface area contributed by atoms with Crippen LogP contribution in [0.15, 0.2) is 381 Å². The van der Waals surface area contributed by atoms with Gasteiger partial charge in [0.15, 0.2) is 0 Å². The summed E-state index contributed by atoms with van der Waals surface area (Å²) in [6.45, 7) is 0. The van der Waals surface area contributed by atoms with Gasteiger partial charge < -0.3 is 14.2 Å². The van der Waals surface area contributed by atoms with Crippen LogP contribution in [0.2, 0.25) is 0 Å². The Labute approximate surface area is 706 Å². The molecule has 8 bridgehead atoms. The lowest BCUT2D eigenvalue weighted by Gasteiger charge is -2.61. The van der Waals surface area contributed by atoms with Crippen LogP contribution < -0.4 is 9.80 Å². The van der Waals surface area contributed by atoms with Gasteiger partial charge in [0.25, 0.3) is 0 Å². The summed E-state index contributed by atoms with van der Waals surface area (Å²) in [7, 11) is 0. The fourth-order valence-electron chi connectivity index (χ4n) is 25.8. The standard InChI is InChI=1S/C58H45NO.C58H45NS/c1-2-11-39(12-3-1)40-21-26-45(27-22-40)59(54-18-10-20-56-57(54)50-16-7-9-19-55(50)60-56)46-28-23-41(24-29-46)47-13-4-5-14-48(47)42-25-30-53-51(36-42)49-15-6-8-17-52(49)58(53)43-32-37-31-38(34-43)35-44(58)33-37;1-2-11-39(12-3-1)40-21-26-45(27-22-40)59(55-19-10-17-51-50-16-7-9-20-56(50)60-57(51)55)46-28-23-41(24-29-46)47-13-4-5-14-48(47)42-25-30-54-52(36-42)49-15-6-8-18-53(49)58(54)43-32-37-31-38(34-43)35-44(58)33-37/h2*1-30,36-38,43-44H,31-35H2. The molecule has 28 rings (SSSR count). The first-order valence-electron chi connectivity index (χ1n) is 44.0. The van der Waals surface area contributed by atoms with E-state index in [4.69, 9.17) is 4.42 Å². The van der Waals surface area contributed by atoms with Crippen molar-refractivity contribution in [1.82, 2.24) is 0 Å². The molecule has 2 aromatic heterocycles. The van der Waals surface area contributed by atoms with Gasteiger partial charge in [-0.2, -0.15) is 0 Å². The van der Waals surface area contributed by atoms with Crippen molar-refractivity contribution in [2.45, 2.75) is 75.0 Å². The van der Waals surface area contributed by atoms with E-state index in [0.29, 0.717) is 0 Å². The number of hydrogen-bond donors (Lipinski definition) is 0. The quantitative estimate of drug-likeness (QED) is 0.122. The molecule has 0 atom stereocenters. The second-order valence-electron chi connectivity index (χ2n) is 36.1. The van der Waals surface area contributed by atoms with Crippen molar-refractivity contribution in [2.24, 2.45) is 47.3 Å². The zero-order valence-corrected chi connectivity index (χ0v) is 68.0. The molecule has 0 aliphatic heterocycles. The van der Waals surface area contributed by atoms with Crippen LogP contribution in [0, 0.1) is 47.3 Å². The predicted octanol–water partition coefficient (Wildman–Crippen LogP) is 32.0. The van der Waals surface area contributed by atoms with Crippen LogP contribution in [-0.4, -0.2) is 0 Å². The summed E-state index contributed by atoms with van der Waals surface area (Å²) < 4.78 is 9.02. The zero-order valence-electron chi connectivity index (χ0n) is 67.2. The lowest BCUT2D eigenvalue weighted by atomic mass is 9.43. The number of anilines is 6. The van der Waals surface area contributed by atoms with Crippen molar-refractivity contribution < 1.29 is 4.42 Å². The zero-order chi connectivity index (χ0) is 78.7. The summed E-state index contributed by atoms with van der Waals surface area (Å²) in [5.74, 6) is 6.88. The van der Waals surface area contributed by atoms with Crippen molar-refractivity contribution in [3.05, 3.63) is 398 Å². The molecule has 4 heteroatoms. The first-order chi connectivity index (χ1) is 59.4. The Morgan fingerprint density at radius 3 is 1.04 bits per heavy atom. The van der Waals surface area contributed by atoms with E-state index in [1.165, 1.54) is 179 Å². The number of hydrogen-bond acceptors (Lipinski definition) is 4. The number of nitrogens with zero attached hydrogens (tertiary/aromatic N) is 2. The minimum absolute atomic E-state index is 0.189. The minimum atomic E-state index is 0.189. The second-order valence-corrected chi connectivity index (χ2v) is 37.2. The monoisotopic (exact) mass is 1560 g/mol. The molecule has 10 aliphatic rings. The Hall–Kier alpha value is -12.9. The smallest absolute Gasteiger partial charge is 0.137 e. The van der Waals surface area contributed by atoms with Crippen molar-refractivity contribution in [1.29, 1.82) is 0 Å². The van der Waals surface area contributed by atoms with Gasteiger partial charge in [-0.1, -0.05) is 285 Å². The first kappa shape index (κ1) is 70.2. The van der Waals surface area contributed by atoms with Crippen molar-refractivity contribution in [2.75, 3.05) is 9.80 Å². The van der Waals surface area contributed by atoms with Crippen molar-refractivity contribution in [3.63, 3.8) is 0 Å². The van der Waals surface area contributed by atoms with Gasteiger partial charge in [0, 0.05) is 54.4 Å². The summed E-state index contributed by atoms with van der Waals surface area (Å²) in [5.41, 5.74) is 36.3. The lowest BCUT2D eigenvalue weighted by Crippen LogP contribution is -2.55. The maximum absolute atomic E-state index is 6.40. The van der Waals surface area contributed by atoms with Crippen LogP contribution in [-0.2, 0) is 10.8 Å². The van der Waals surface area contributed by atoms with E-state index in [2.05, 4.69) is 380 Å². The molecule has 10 aliphatic carbocycles. The topological polar surface area (TPSA) is 19.6 Å². The van der Waals surface area contributed by atoms with Gasteiger partial charge in [-0.3, -0.25) is 0 Å². The van der Waals surface area contributed by atoms with Gasteiger partial charge >= 0.3 is 0 Å². The van der Waals surface area contributed by atoms with E-state index >= 15 is 0 Å². The highest BCUT2D eigenvalue weighted by Gasteiger charge is 2.63. The molecule has 2 heterocycles. The van der Waals surface area contributed by atoms with Crippen LogP contribution in [0.25, 0.3) is 131 Å². The third-order valence-electron chi connectivity index (χ3n) is 30.2. The molecule has 0 amide bonds. The average Bonchev–Trinajstić information content (AvgIpc) is 1.50. The highest BCUT2D eigenvalue weighted by atomic mass is 32.1. The highest BCUT2D eigenvalue weighted by Crippen LogP contribution is 2.72. The number of benzene rings is 16. The van der Waals surface area contributed by atoms with Crippen molar-refractivity contribution in [3.8, 4) is 89.0 Å². The molecule has 18 aromatic rings. The molecule has 576 valence electrons. The second kappa shape index (κ2) is 27.9. The molecule has 0 radical (unpaired) electrons. The summed E-state index contributed by atoms with van der Waals surface area (Å²) in [4.78, 5) is 4.83. The molecular formula is C116H90N2OS. The van der Waals surface area contributed by atoms with E-state index in [9.17, 15) is 0 Å². The molecule has 120 heavy (non-hydrogen) atoms. The van der Waals surface area contributed by atoms with E-state index in [-0.39, 0.29) is 10.8 Å². The molecule has 2 spiro atoms. The van der Waals surface area contributed by atoms with Gasteiger partial charge in [0.2, 0.25) is 0 Å². The molecule has 0 saturated heterocycles. The van der Waals surface area contributed by atoms with E-state index in [1.54, 1.807) is 22.3 Å². The predicted molar refractivity (Wildman–Crippen MR) is 502 cm³/mol. The fraction of sp³-hybridized carbons (Fsp3) is 0.172. The summed E-state index contributed by atoms with van der Waals surface area (Å²) >= 11 is 1.88. The molecule has 3 nitrogen and oxygen atoms in total. The Balaban J connectivity index is 0.000000133. The number of para-hydroxylation sites is 1. The Morgan fingerprint density at radius 1 is 0.233 bits per heavy atom. The van der Waals surface area contributed by atoms with Crippen molar-refractivity contribution >= 4 is 87.6 Å². The summed E-state index contributed by atoms with van der Waals surface area (Å²) in [6.07, 6.45) is 14.2. The van der Waals surface area contributed by atoms with Crippen LogP contribution in [0.4, 0.5) is 34.1 Å². The van der Waals surface area contributed by atoms with Gasteiger partial charge in [-0.25, -0.2) is 0 Å². The van der Waals surface area contributed by atoms with Crippen LogP contribution in [0.3, 0.4) is 0 Å². The third kappa shape index (κ3) is 10.9. The Morgan fingerprint density at radius 2 is 0.567 bits per heavy atom. The Bertz CT molecular complexity index is 6990. The lowest BCUT2D eigenvalue weighted by molar-refractivity contribution is -0.0399. The average molecular weight is 1560 g/mol. The Kier molecular flexibility index (Phi) is 16.3. The molecule has 16 aromatic carbocycles. The molecular weight excluding hydrogens is 1470 g/mol. The number of thiophene rings is 1. The fourth-order valence-corrected chi connectivity index (χ4v) is 27.0. The van der Waals surface area contributed by atoms with Crippen LogP contribution in [0.1, 0.15) is 86.5 Å². The minimum Gasteiger partial charge on any atom is -0.456 e. The third-order valence-corrected chi connectivity index (χ3v) is 31.4. The highest BCUT2D eigenvalue weighted by molar-refractivity contribution is 7.26. The molecule has 8 saturated carbocycles. The van der Waals surface area contributed by atoms with Gasteiger partial charge in [0.05, 0.1) is 21.5 Å². The summed E-state index contributed by atoms with van der Waals surface area (Å²) in [5, 5.41) is 4.85. The maximum atomic E-state index is 6.40. The molecule has 0 N–H and O–H groups in total. The summed E-state index contributed by atoms with van der Waals surface area (Å²) in [6, 6.07) is 140. The van der Waals surface area contributed by atoms with Gasteiger partial charge in [0.1, 0.15) is 11.2 Å². The molecule has 8 fully saturated rings. The number of furan rings is 1. The van der Waals surface area contributed by atoms with E-state index < -0.39 is 0 Å². The number of rotatable bonds is 12.